The van der Waals surface area contributed by atoms with Gasteiger partial charge >= 0.3 is 0 Å². The molecule has 0 spiro atoms. The van der Waals surface area contributed by atoms with E-state index in [1.165, 1.54) is 11.1 Å². The number of benzene rings is 1. The summed E-state index contributed by atoms with van der Waals surface area (Å²) in [6.07, 6.45) is 1.82. The lowest BCUT2D eigenvalue weighted by Gasteiger charge is -2.37. The maximum atomic E-state index is 6.28. The van der Waals surface area contributed by atoms with E-state index in [-0.39, 0.29) is 0 Å². The van der Waals surface area contributed by atoms with Crippen molar-refractivity contribution in [1.29, 1.82) is 0 Å². The number of aromatic nitrogens is 2. The lowest BCUT2D eigenvalue weighted by molar-refractivity contribution is 0.641. The van der Waals surface area contributed by atoms with Crippen LogP contribution >= 0.6 is 11.6 Å². The number of hydrogen-bond donors (Lipinski definition) is 0. The normalized spacial score (nSPS) is 15.4. The summed E-state index contributed by atoms with van der Waals surface area (Å²) in [6, 6.07) is 8.02. The number of piperazine rings is 1. The fourth-order valence-electron chi connectivity index (χ4n) is 2.69. The average Bonchev–Trinajstić information content (AvgIpc) is 2.51. The molecule has 0 aliphatic carbocycles. The molecule has 3 rings (SSSR count). The van der Waals surface area contributed by atoms with Gasteiger partial charge in [-0.2, -0.15) is 5.10 Å². The third-order valence-corrected chi connectivity index (χ3v) is 4.42. The van der Waals surface area contributed by atoms with Crippen LogP contribution in [-0.4, -0.2) is 36.4 Å². The summed E-state index contributed by atoms with van der Waals surface area (Å²) < 4.78 is 0. The third-order valence-electron chi connectivity index (χ3n) is 4.10. The molecule has 0 saturated carbocycles. The Bertz CT molecular complexity index is 636. The standard InChI is InChI=1S/C16H19ClN4/c1-12-11-18-19-16(13(12)2)21-9-7-20(8-10-21)15-6-4-3-5-14(15)17/h3-6,11H,7-10H2,1-2H3. The molecule has 2 aromatic rings. The Hall–Kier alpha value is -1.81. The van der Waals surface area contributed by atoms with E-state index in [0.29, 0.717) is 0 Å². The second-order valence-corrected chi connectivity index (χ2v) is 5.81. The first-order chi connectivity index (χ1) is 10.2. The highest BCUT2D eigenvalue weighted by atomic mass is 35.5. The Morgan fingerprint density at radius 1 is 1.00 bits per heavy atom. The van der Waals surface area contributed by atoms with Gasteiger partial charge in [-0.3, -0.25) is 0 Å². The van der Waals surface area contributed by atoms with Crippen LogP contribution in [0.5, 0.6) is 0 Å². The summed E-state index contributed by atoms with van der Waals surface area (Å²) in [4.78, 5) is 4.64. The Kier molecular flexibility index (Phi) is 3.97. The van der Waals surface area contributed by atoms with Crippen LogP contribution in [0, 0.1) is 13.8 Å². The Morgan fingerprint density at radius 3 is 2.38 bits per heavy atom. The van der Waals surface area contributed by atoms with Gasteiger partial charge < -0.3 is 9.80 Å². The molecule has 0 unspecified atom stereocenters. The fourth-order valence-corrected chi connectivity index (χ4v) is 2.94. The molecule has 0 N–H and O–H groups in total. The minimum Gasteiger partial charge on any atom is -0.367 e. The van der Waals surface area contributed by atoms with Gasteiger partial charge in [-0.1, -0.05) is 23.7 Å². The lowest BCUT2D eigenvalue weighted by Crippen LogP contribution is -2.47. The highest BCUT2D eigenvalue weighted by molar-refractivity contribution is 6.33. The summed E-state index contributed by atoms with van der Waals surface area (Å²) in [7, 11) is 0. The van der Waals surface area contributed by atoms with Crippen molar-refractivity contribution >= 4 is 23.1 Å². The first kappa shape index (κ1) is 14.1. The van der Waals surface area contributed by atoms with Crippen molar-refractivity contribution in [3.05, 3.63) is 46.6 Å². The van der Waals surface area contributed by atoms with E-state index in [4.69, 9.17) is 11.6 Å². The van der Waals surface area contributed by atoms with Crippen LogP contribution in [-0.2, 0) is 0 Å². The summed E-state index contributed by atoms with van der Waals surface area (Å²) in [6.45, 7) is 7.94. The molecule has 1 fully saturated rings. The molecule has 1 aliphatic rings. The zero-order valence-corrected chi connectivity index (χ0v) is 13.1. The summed E-state index contributed by atoms with van der Waals surface area (Å²) in [5.74, 6) is 1.01. The van der Waals surface area contributed by atoms with E-state index in [0.717, 1.165) is 42.7 Å². The fraction of sp³-hybridized carbons (Fsp3) is 0.375. The molecule has 4 nitrogen and oxygen atoms in total. The summed E-state index contributed by atoms with van der Waals surface area (Å²) >= 11 is 6.28. The first-order valence-corrected chi connectivity index (χ1v) is 7.58. The molecule has 1 aromatic carbocycles. The van der Waals surface area contributed by atoms with Gasteiger partial charge in [0.1, 0.15) is 0 Å². The molecule has 2 heterocycles. The third kappa shape index (κ3) is 2.81. The molecule has 0 atom stereocenters. The molecule has 5 heteroatoms. The van der Waals surface area contributed by atoms with Crippen LogP contribution in [0.1, 0.15) is 11.1 Å². The quantitative estimate of drug-likeness (QED) is 0.853. The maximum absolute atomic E-state index is 6.28. The molecule has 0 radical (unpaired) electrons. The van der Waals surface area contributed by atoms with Crippen molar-refractivity contribution in [2.24, 2.45) is 0 Å². The first-order valence-electron chi connectivity index (χ1n) is 7.20. The molecule has 1 aliphatic heterocycles. The van der Waals surface area contributed by atoms with Crippen LogP contribution < -0.4 is 9.80 Å². The van der Waals surface area contributed by atoms with Crippen molar-refractivity contribution < 1.29 is 0 Å². The number of aryl methyl sites for hydroxylation is 1. The molecule has 110 valence electrons. The predicted octanol–water partition coefficient (Wildman–Crippen LogP) is 3.07. The number of anilines is 2. The monoisotopic (exact) mass is 302 g/mol. The van der Waals surface area contributed by atoms with Gasteiger partial charge in [-0.25, -0.2) is 0 Å². The molecular formula is C16H19ClN4. The predicted molar refractivity (Wildman–Crippen MR) is 87.4 cm³/mol. The zero-order chi connectivity index (χ0) is 14.8. The summed E-state index contributed by atoms with van der Waals surface area (Å²) in [5, 5.41) is 9.21. The maximum Gasteiger partial charge on any atom is 0.154 e. The van der Waals surface area contributed by atoms with Gasteiger partial charge in [0.05, 0.1) is 16.9 Å². The number of hydrogen-bond acceptors (Lipinski definition) is 4. The molecular weight excluding hydrogens is 284 g/mol. The topological polar surface area (TPSA) is 32.3 Å². The minimum atomic E-state index is 0.817. The SMILES string of the molecule is Cc1cnnc(N2CCN(c3ccccc3Cl)CC2)c1C. The Labute approximate surface area is 130 Å². The second kappa shape index (κ2) is 5.90. The number of nitrogens with zero attached hydrogens (tertiary/aromatic N) is 4. The lowest BCUT2D eigenvalue weighted by atomic mass is 10.1. The van der Waals surface area contributed by atoms with Gasteiger partial charge in [-0.15, -0.1) is 5.10 Å². The van der Waals surface area contributed by atoms with E-state index in [9.17, 15) is 0 Å². The van der Waals surface area contributed by atoms with Crippen LogP contribution in [0.15, 0.2) is 30.5 Å². The summed E-state index contributed by atoms with van der Waals surface area (Å²) in [5.41, 5.74) is 3.52. The largest absolute Gasteiger partial charge is 0.367 e. The van der Waals surface area contributed by atoms with E-state index >= 15 is 0 Å². The van der Waals surface area contributed by atoms with E-state index in [1.807, 2.05) is 24.4 Å². The van der Waals surface area contributed by atoms with Crippen molar-refractivity contribution in [2.75, 3.05) is 36.0 Å². The molecule has 1 aromatic heterocycles. The van der Waals surface area contributed by atoms with Gasteiger partial charge in [0.25, 0.3) is 0 Å². The van der Waals surface area contributed by atoms with Crippen LogP contribution in [0.4, 0.5) is 11.5 Å². The van der Waals surface area contributed by atoms with Crippen molar-refractivity contribution in [1.82, 2.24) is 10.2 Å². The van der Waals surface area contributed by atoms with Crippen LogP contribution in [0.25, 0.3) is 0 Å². The van der Waals surface area contributed by atoms with Crippen molar-refractivity contribution in [3.63, 3.8) is 0 Å². The van der Waals surface area contributed by atoms with Crippen molar-refractivity contribution in [2.45, 2.75) is 13.8 Å². The number of para-hydroxylation sites is 1. The average molecular weight is 303 g/mol. The van der Waals surface area contributed by atoms with Gasteiger partial charge in [0, 0.05) is 26.2 Å². The molecule has 1 saturated heterocycles. The Morgan fingerprint density at radius 2 is 1.67 bits per heavy atom. The van der Waals surface area contributed by atoms with Crippen LogP contribution in [0.3, 0.4) is 0 Å². The van der Waals surface area contributed by atoms with E-state index < -0.39 is 0 Å². The Balaban J connectivity index is 1.74. The van der Waals surface area contributed by atoms with Crippen LogP contribution in [0.2, 0.25) is 5.02 Å². The highest BCUT2D eigenvalue weighted by Gasteiger charge is 2.21. The van der Waals surface area contributed by atoms with E-state index in [1.54, 1.807) is 0 Å². The highest BCUT2D eigenvalue weighted by Crippen LogP contribution is 2.27. The molecule has 0 amide bonds. The van der Waals surface area contributed by atoms with Crippen molar-refractivity contribution in [3.8, 4) is 0 Å². The van der Waals surface area contributed by atoms with Gasteiger partial charge in [0.2, 0.25) is 0 Å². The van der Waals surface area contributed by atoms with Gasteiger partial charge in [0.15, 0.2) is 5.82 Å². The second-order valence-electron chi connectivity index (χ2n) is 5.40. The smallest absolute Gasteiger partial charge is 0.154 e. The molecule has 21 heavy (non-hydrogen) atoms. The minimum absolute atomic E-state index is 0.817. The number of halogens is 1. The molecule has 0 bridgehead atoms. The number of rotatable bonds is 2. The van der Waals surface area contributed by atoms with E-state index in [2.05, 4.69) is 39.9 Å². The van der Waals surface area contributed by atoms with Gasteiger partial charge in [-0.05, 0) is 37.1 Å². The zero-order valence-electron chi connectivity index (χ0n) is 12.4.